The van der Waals surface area contributed by atoms with Gasteiger partial charge in [-0.2, -0.15) is 0 Å². The Hall–Kier alpha value is -2.37. The quantitative estimate of drug-likeness (QED) is 0.0263. The summed E-state index contributed by atoms with van der Waals surface area (Å²) < 4.78 is 16.7. The maximum atomic E-state index is 12.7. The van der Waals surface area contributed by atoms with Gasteiger partial charge in [-0.25, -0.2) is 0 Å². The average Bonchev–Trinajstić information content (AvgIpc) is 3.23. The van der Waals surface area contributed by atoms with Gasteiger partial charge in [-0.15, -0.1) is 0 Å². The summed E-state index contributed by atoms with van der Waals surface area (Å²) in [5, 5.41) is 0. The highest BCUT2D eigenvalue weighted by Gasteiger charge is 2.19. The molecule has 59 heavy (non-hydrogen) atoms. The molecule has 0 aliphatic rings. The number of esters is 3. The molecule has 6 nitrogen and oxygen atoms in total. The first-order valence-corrected chi connectivity index (χ1v) is 25.5. The zero-order valence-electron chi connectivity index (χ0n) is 39.3. The second-order valence-corrected chi connectivity index (χ2v) is 17.1. The Labute approximate surface area is 365 Å². The highest BCUT2D eigenvalue weighted by molar-refractivity contribution is 5.71. The molecule has 0 saturated carbocycles. The van der Waals surface area contributed by atoms with Crippen LogP contribution >= 0.6 is 0 Å². The SMILES string of the molecule is CCCCCCCC/C=C\C/C=C\CCC(=O)OC(COC(=O)CCCCCCC/C=C\CCCCCCCCC)COC(=O)CCCCCCCCCCCCCC. The average molecular weight is 829 g/mol. The van der Waals surface area contributed by atoms with Crippen LogP contribution in [0.25, 0.3) is 0 Å². The second kappa shape index (κ2) is 48.3. The molecule has 0 spiro atoms. The van der Waals surface area contributed by atoms with Crippen LogP contribution in [0, 0.1) is 0 Å². The van der Waals surface area contributed by atoms with Gasteiger partial charge in [0, 0.05) is 19.3 Å². The first-order chi connectivity index (χ1) is 29.0. The summed E-state index contributed by atoms with van der Waals surface area (Å²) in [5.74, 6) is -0.964. The van der Waals surface area contributed by atoms with Gasteiger partial charge in [-0.05, 0) is 64.2 Å². The zero-order chi connectivity index (χ0) is 43.0. The molecule has 0 radical (unpaired) electrons. The van der Waals surface area contributed by atoms with Crippen molar-refractivity contribution in [2.24, 2.45) is 0 Å². The van der Waals surface area contributed by atoms with Crippen molar-refractivity contribution in [1.29, 1.82) is 0 Å². The van der Waals surface area contributed by atoms with E-state index in [4.69, 9.17) is 14.2 Å². The molecule has 0 aromatic carbocycles. The van der Waals surface area contributed by atoms with Gasteiger partial charge >= 0.3 is 17.9 Å². The Morgan fingerprint density at radius 2 is 0.644 bits per heavy atom. The molecule has 1 unspecified atom stereocenters. The Balaban J connectivity index is 4.41. The fourth-order valence-corrected chi connectivity index (χ4v) is 7.25. The van der Waals surface area contributed by atoms with E-state index in [1.807, 2.05) is 6.08 Å². The standard InChI is InChI=1S/C53H96O6/c1-4-7-10-13-16-19-22-25-26-27-29-31-34-37-40-43-46-52(55)58-49-50(48-57-51(54)45-42-39-36-33-30-24-21-18-15-12-9-6-3)59-53(56)47-44-41-38-35-32-28-23-20-17-14-11-8-5-2/h26-28,32,38,41,50H,4-25,29-31,33-37,39-40,42-49H2,1-3H3/b27-26-,32-28-,41-38-. The molecule has 0 rings (SSSR count). The van der Waals surface area contributed by atoms with E-state index in [9.17, 15) is 14.4 Å². The van der Waals surface area contributed by atoms with E-state index in [1.165, 1.54) is 161 Å². The predicted octanol–water partition coefficient (Wildman–Crippen LogP) is 16.5. The lowest BCUT2D eigenvalue weighted by Crippen LogP contribution is -2.30. The van der Waals surface area contributed by atoms with Gasteiger partial charge in [-0.1, -0.05) is 218 Å². The van der Waals surface area contributed by atoms with Crippen LogP contribution in [-0.4, -0.2) is 37.2 Å². The van der Waals surface area contributed by atoms with Crippen LogP contribution in [0.5, 0.6) is 0 Å². The molecule has 0 amide bonds. The van der Waals surface area contributed by atoms with Crippen molar-refractivity contribution >= 4 is 17.9 Å². The summed E-state index contributed by atoms with van der Waals surface area (Å²) >= 11 is 0. The summed E-state index contributed by atoms with van der Waals surface area (Å²) in [7, 11) is 0. The van der Waals surface area contributed by atoms with Gasteiger partial charge in [0.25, 0.3) is 0 Å². The third-order valence-corrected chi connectivity index (χ3v) is 11.1. The molecule has 0 aliphatic heterocycles. The van der Waals surface area contributed by atoms with E-state index >= 15 is 0 Å². The van der Waals surface area contributed by atoms with Crippen molar-refractivity contribution in [3.8, 4) is 0 Å². The molecule has 0 aromatic heterocycles. The van der Waals surface area contributed by atoms with E-state index in [0.29, 0.717) is 19.3 Å². The molecule has 6 heteroatoms. The van der Waals surface area contributed by atoms with Crippen molar-refractivity contribution in [3.05, 3.63) is 36.5 Å². The largest absolute Gasteiger partial charge is 0.462 e. The number of allylic oxidation sites excluding steroid dienone is 6. The second-order valence-electron chi connectivity index (χ2n) is 17.1. The van der Waals surface area contributed by atoms with Crippen LogP contribution in [-0.2, 0) is 28.6 Å². The molecule has 344 valence electrons. The van der Waals surface area contributed by atoms with Gasteiger partial charge in [0.05, 0.1) is 0 Å². The molecule has 0 N–H and O–H groups in total. The number of hydrogen-bond donors (Lipinski definition) is 0. The van der Waals surface area contributed by atoms with Crippen LogP contribution in [0.4, 0.5) is 0 Å². The maximum Gasteiger partial charge on any atom is 0.306 e. The van der Waals surface area contributed by atoms with Crippen LogP contribution in [0.3, 0.4) is 0 Å². The molecule has 0 bridgehead atoms. The summed E-state index contributed by atoms with van der Waals surface area (Å²) in [6.07, 6.45) is 55.7. The van der Waals surface area contributed by atoms with Crippen molar-refractivity contribution in [1.82, 2.24) is 0 Å². The van der Waals surface area contributed by atoms with Crippen LogP contribution in [0.1, 0.15) is 265 Å². The third kappa shape index (κ3) is 46.5. The van der Waals surface area contributed by atoms with Crippen molar-refractivity contribution in [2.75, 3.05) is 13.2 Å². The van der Waals surface area contributed by atoms with Crippen molar-refractivity contribution in [3.63, 3.8) is 0 Å². The van der Waals surface area contributed by atoms with Crippen LogP contribution < -0.4 is 0 Å². The highest BCUT2D eigenvalue weighted by atomic mass is 16.6. The first-order valence-electron chi connectivity index (χ1n) is 25.5. The van der Waals surface area contributed by atoms with E-state index in [-0.39, 0.29) is 37.5 Å². The lowest BCUT2D eigenvalue weighted by Gasteiger charge is -2.18. The molecular weight excluding hydrogens is 733 g/mol. The lowest BCUT2D eigenvalue weighted by molar-refractivity contribution is -0.166. The number of rotatable bonds is 46. The number of carbonyl (C=O) groups excluding carboxylic acids is 3. The Morgan fingerprint density at radius 1 is 0.339 bits per heavy atom. The monoisotopic (exact) mass is 829 g/mol. The molecule has 0 heterocycles. The highest BCUT2D eigenvalue weighted by Crippen LogP contribution is 2.15. The Kier molecular flexibility index (Phi) is 46.4. The van der Waals surface area contributed by atoms with Crippen molar-refractivity contribution < 1.29 is 28.6 Å². The Bertz CT molecular complexity index is 1000. The third-order valence-electron chi connectivity index (χ3n) is 11.1. The van der Waals surface area contributed by atoms with Gasteiger partial charge in [0.2, 0.25) is 0 Å². The fourth-order valence-electron chi connectivity index (χ4n) is 7.25. The van der Waals surface area contributed by atoms with Gasteiger partial charge in [-0.3, -0.25) is 14.4 Å². The Morgan fingerprint density at radius 3 is 1.02 bits per heavy atom. The predicted molar refractivity (Wildman–Crippen MR) is 252 cm³/mol. The number of carbonyl (C=O) groups is 3. The van der Waals surface area contributed by atoms with Gasteiger partial charge < -0.3 is 14.2 Å². The molecule has 0 aromatic rings. The molecule has 0 saturated heterocycles. The molecule has 0 aliphatic carbocycles. The summed E-state index contributed by atoms with van der Waals surface area (Å²) in [5.41, 5.74) is 0. The van der Waals surface area contributed by atoms with E-state index < -0.39 is 6.10 Å². The van der Waals surface area contributed by atoms with Gasteiger partial charge in [0.15, 0.2) is 6.10 Å². The minimum absolute atomic E-state index is 0.0944. The minimum atomic E-state index is -0.801. The molecular formula is C53H96O6. The number of ether oxygens (including phenoxy) is 3. The summed E-state index contributed by atoms with van der Waals surface area (Å²) in [4.78, 5) is 37.8. The summed E-state index contributed by atoms with van der Waals surface area (Å²) in [6.45, 7) is 6.58. The lowest BCUT2D eigenvalue weighted by atomic mass is 10.0. The topological polar surface area (TPSA) is 78.9 Å². The van der Waals surface area contributed by atoms with Crippen LogP contribution in [0.15, 0.2) is 36.5 Å². The minimum Gasteiger partial charge on any atom is -0.462 e. The van der Waals surface area contributed by atoms with E-state index in [0.717, 1.165) is 57.8 Å². The van der Waals surface area contributed by atoms with E-state index in [1.54, 1.807) is 0 Å². The number of unbranched alkanes of at least 4 members (excludes halogenated alkanes) is 29. The molecule has 0 fully saturated rings. The van der Waals surface area contributed by atoms with E-state index in [2.05, 4.69) is 51.2 Å². The van der Waals surface area contributed by atoms with Gasteiger partial charge in [0.1, 0.15) is 13.2 Å². The maximum absolute atomic E-state index is 12.7. The normalized spacial score (nSPS) is 12.3. The first kappa shape index (κ1) is 56.6. The number of hydrogen-bond acceptors (Lipinski definition) is 6. The van der Waals surface area contributed by atoms with Crippen molar-refractivity contribution in [2.45, 2.75) is 271 Å². The zero-order valence-corrected chi connectivity index (χ0v) is 39.3. The fraction of sp³-hybridized carbons (Fsp3) is 0.830. The smallest absolute Gasteiger partial charge is 0.306 e. The summed E-state index contributed by atoms with van der Waals surface area (Å²) in [6, 6.07) is 0. The van der Waals surface area contributed by atoms with Crippen LogP contribution in [0.2, 0.25) is 0 Å². The molecule has 1 atom stereocenters.